The number of hydrogen-bond acceptors (Lipinski definition) is 4. The number of amides is 1. The Labute approximate surface area is 92.5 Å². The summed E-state index contributed by atoms with van der Waals surface area (Å²) < 4.78 is 0. The van der Waals surface area contributed by atoms with Gasteiger partial charge >= 0.3 is 0 Å². The van der Waals surface area contributed by atoms with Gasteiger partial charge in [0.05, 0.1) is 18.3 Å². The molecule has 3 N–H and O–H groups in total. The Kier molecular flexibility index (Phi) is 2.62. The SMILES string of the molecule is N[C@H]1Cc2ccc(O)cc2N(CC=O)C1=O. The number of aldehydes is 1. The van der Waals surface area contributed by atoms with Crippen LogP contribution in [0.25, 0.3) is 0 Å². The summed E-state index contributed by atoms with van der Waals surface area (Å²) in [6.45, 7) is -0.0387. The van der Waals surface area contributed by atoms with Crippen molar-refractivity contribution in [1.29, 1.82) is 0 Å². The molecule has 1 aliphatic heterocycles. The number of fused-ring (bicyclic) bond motifs is 1. The van der Waals surface area contributed by atoms with Crippen molar-refractivity contribution < 1.29 is 14.7 Å². The van der Waals surface area contributed by atoms with Crippen LogP contribution < -0.4 is 10.6 Å². The lowest BCUT2D eigenvalue weighted by Crippen LogP contribution is -2.49. The lowest BCUT2D eigenvalue weighted by Gasteiger charge is -2.31. The summed E-state index contributed by atoms with van der Waals surface area (Å²) in [6.07, 6.45) is 1.08. The van der Waals surface area contributed by atoms with Gasteiger partial charge in [-0.2, -0.15) is 0 Å². The van der Waals surface area contributed by atoms with Gasteiger partial charge in [-0.3, -0.25) is 4.79 Å². The summed E-state index contributed by atoms with van der Waals surface area (Å²) in [5.41, 5.74) is 7.12. The van der Waals surface area contributed by atoms with Crippen molar-refractivity contribution >= 4 is 17.9 Å². The van der Waals surface area contributed by atoms with E-state index in [9.17, 15) is 14.7 Å². The van der Waals surface area contributed by atoms with E-state index in [1.807, 2.05) is 0 Å². The zero-order valence-corrected chi connectivity index (χ0v) is 8.59. The molecule has 0 aromatic heterocycles. The van der Waals surface area contributed by atoms with Gasteiger partial charge in [-0.1, -0.05) is 6.07 Å². The first-order valence-electron chi connectivity index (χ1n) is 4.96. The standard InChI is InChI=1S/C11H12N2O3/c12-9-5-7-1-2-8(15)6-10(7)13(3-4-14)11(9)16/h1-2,4,6,9,15H,3,5,12H2/t9-/m0/s1. The van der Waals surface area contributed by atoms with Crippen molar-refractivity contribution in [2.75, 3.05) is 11.4 Å². The lowest BCUT2D eigenvalue weighted by molar-refractivity contribution is -0.121. The predicted octanol–water partition coefficient (Wildman–Crippen LogP) is -0.193. The fourth-order valence-corrected chi connectivity index (χ4v) is 1.88. The van der Waals surface area contributed by atoms with Crippen LogP contribution in [0.5, 0.6) is 5.75 Å². The molecule has 0 radical (unpaired) electrons. The summed E-state index contributed by atoms with van der Waals surface area (Å²) in [7, 11) is 0. The van der Waals surface area contributed by atoms with Gasteiger partial charge in [-0.25, -0.2) is 0 Å². The highest BCUT2D eigenvalue weighted by Crippen LogP contribution is 2.30. The first-order valence-corrected chi connectivity index (χ1v) is 4.96. The van der Waals surface area contributed by atoms with Crippen molar-refractivity contribution in [2.24, 2.45) is 5.73 Å². The second-order valence-corrected chi connectivity index (χ2v) is 3.74. The van der Waals surface area contributed by atoms with Gasteiger partial charge in [0, 0.05) is 6.07 Å². The molecular formula is C11H12N2O3. The minimum absolute atomic E-state index is 0.0387. The van der Waals surface area contributed by atoms with E-state index in [0.717, 1.165) is 5.56 Å². The number of hydrogen-bond donors (Lipinski definition) is 2. The average Bonchev–Trinajstić information content (AvgIpc) is 2.26. The number of phenols is 1. The fraction of sp³-hybridized carbons (Fsp3) is 0.273. The Morgan fingerprint density at radius 2 is 2.31 bits per heavy atom. The normalized spacial score (nSPS) is 19.4. The van der Waals surface area contributed by atoms with Crippen molar-refractivity contribution in [3.05, 3.63) is 23.8 Å². The van der Waals surface area contributed by atoms with Crippen molar-refractivity contribution in [2.45, 2.75) is 12.5 Å². The highest BCUT2D eigenvalue weighted by atomic mass is 16.3. The van der Waals surface area contributed by atoms with Crippen molar-refractivity contribution in [3.8, 4) is 5.75 Å². The molecule has 0 saturated carbocycles. The maximum absolute atomic E-state index is 11.7. The number of nitrogens with zero attached hydrogens (tertiary/aromatic N) is 1. The molecule has 0 saturated heterocycles. The van der Waals surface area contributed by atoms with Crippen LogP contribution in [0.4, 0.5) is 5.69 Å². The third-order valence-corrected chi connectivity index (χ3v) is 2.64. The molecule has 1 amide bonds. The molecule has 16 heavy (non-hydrogen) atoms. The molecule has 0 fully saturated rings. The Balaban J connectivity index is 2.48. The zero-order chi connectivity index (χ0) is 11.7. The summed E-state index contributed by atoms with van der Waals surface area (Å²) in [5, 5.41) is 9.37. The van der Waals surface area contributed by atoms with Crippen LogP contribution in [-0.2, 0) is 16.0 Å². The van der Waals surface area contributed by atoms with Gasteiger partial charge < -0.3 is 20.5 Å². The van der Waals surface area contributed by atoms with E-state index in [1.165, 1.54) is 11.0 Å². The minimum Gasteiger partial charge on any atom is -0.508 e. The number of anilines is 1. The van der Waals surface area contributed by atoms with E-state index < -0.39 is 6.04 Å². The average molecular weight is 220 g/mol. The third-order valence-electron chi connectivity index (χ3n) is 2.64. The van der Waals surface area contributed by atoms with Gasteiger partial charge in [0.2, 0.25) is 5.91 Å². The van der Waals surface area contributed by atoms with Crippen LogP contribution >= 0.6 is 0 Å². The van der Waals surface area contributed by atoms with Crippen LogP contribution in [0.15, 0.2) is 18.2 Å². The molecule has 1 aliphatic rings. The number of carbonyl (C=O) groups is 2. The number of aromatic hydroxyl groups is 1. The molecule has 0 unspecified atom stereocenters. The third kappa shape index (κ3) is 1.65. The second-order valence-electron chi connectivity index (χ2n) is 3.74. The van der Waals surface area contributed by atoms with Gasteiger partial charge in [0.25, 0.3) is 0 Å². The van der Waals surface area contributed by atoms with E-state index in [-0.39, 0.29) is 18.2 Å². The van der Waals surface area contributed by atoms with E-state index in [4.69, 9.17) is 5.73 Å². The summed E-state index contributed by atoms with van der Waals surface area (Å²) in [5.74, 6) is -0.219. The molecule has 1 aromatic rings. The maximum Gasteiger partial charge on any atom is 0.244 e. The largest absolute Gasteiger partial charge is 0.508 e. The fourth-order valence-electron chi connectivity index (χ4n) is 1.88. The molecular weight excluding hydrogens is 208 g/mol. The molecule has 5 nitrogen and oxygen atoms in total. The van der Waals surface area contributed by atoms with E-state index in [2.05, 4.69) is 0 Å². The first kappa shape index (κ1) is 10.6. The first-order chi connectivity index (χ1) is 7.63. The summed E-state index contributed by atoms with van der Waals surface area (Å²) in [6, 6.07) is 4.12. The zero-order valence-electron chi connectivity index (χ0n) is 8.59. The molecule has 1 atom stereocenters. The Bertz CT molecular complexity index is 445. The number of nitrogens with two attached hydrogens (primary N) is 1. The lowest BCUT2D eigenvalue weighted by atomic mass is 9.97. The molecule has 1 aromatic carbocycles. The summed E-state index contributed by atoms with van der Waals surface area (Å²) in [4.78, 5) is 23.6. The predicted molar refractivity (Wildman–Crippen MR) is 58.2 cm³/mol. The highest BCUT2D eigenvalue weighted by molar-refractivity contribution is 6.02. The Hall–Kier alpha value is -1.88. The molecule has 0 aliphatic carbocycles. The van der Waals surface area contributed by atoms with E-state index in [0.29, 0.717) is 18.4 Å². The molecule has 0 bridgehead atoms. The number of rotatable bonds is 2. The number of carbonyl (C=O) groups excluding carboxylic acids is 2. The van der Waals surface area contributed by atoms with E-state index in [1.54, 1.807) is 12.1 Å². The van der Waals surface area contributed by atoms with Crippen LogP contribution in [0, 0.1) is 0 Å². The van der Waals surface area contributed by atoms with Crippen LogP contribution in [0.2, 0.25) is 0 Å². The van der Waals surface area contributed by atoms with Crippen LogP contribution in [0.1, 0.15) is 5.56 Å². The molecule has 84 valence electrons. The van der Waals surface area contributed by atoms with Crippen molar-refractivity contribution in [1.82, 2.24) is 0 Å². The number of phenolic OH excluding ortho intramolecular Hbond substituents is 1. The van der Waals surface area contributed by atoms with Gasteiger partial charge in [-0.15, -0.1) is 0 Å². The topological polar surface area (TPSA) is 83.6 Å². The van der Waals surface area contributed by atoms with Gasteiger partial charge in [0.15, 0.2) is 0 Å². The Morgan fingerprint density at radius 3 is 3.00 bits per heavy atom. The van der Waals surface area contributed by atoms with Crippen LogP contribution in [0.3, 0.4) is 0 Å². The molecule has 1 heterocycles. The van der Waals surface area contributed by atoms with E-state index >= 15 is 0 Å². The molecule has 5 heteroatoms. The minimum atomic E-state index is -0.614. The number of benzene rings is 1. The monoisotopic (exact) mass is 220 g/mol. The maximum atomic E-state index is 11.7. The van der Waals surface area contributed by atoms with Crippen molar-refractivity contribution in [3.63, 3.8) is 0 Å². The highest BCUT2D eigenvalue weighted by Gasteiger charge is 2.30. The molecule has 2 rings (SSSR count). The van der Waals surface area contributed by atoms with Gasteiger partial charge in [-0.05, 0) is 18.1 Å². The summed E-state index contributed by atoms with van der Waals surface area (Å²) >= 11 is 0. The molecule has 0 spiro atoms. The van der Waals surface area contributed by atoms with Crippen LogP contribution in [-0.4, -0.2) is 29.9 Å². The van der Waals surface area contributed by atoms with Gasteiger partial charge in [0.1, 0.15) is 12.0 Å². The second kappa shape index (κ2) is 3.94. The smallest absolute Gasteiger partial charge is 0.244 e. The quantitative estimate of drug-likeness (QED) is 0.676. The Morgan fingerprint density at radius 1 is 1.56 bits per heavy atom.